The van der Waals surface area contributed by atoms with Gasteiger partial charge in [-0.2, -0.15) is 0 Å². The molecule has 3 aromatic rings. The van der Waals surface area contributed by atoms with Gasteiger partial charge in [-0.15, -0.1) is 11.3 Å². The molecule has 2 aromatic carbocycles. The van der Waals surface area contributed by atoms with Crippen LogP contribution in [0.2, 0.25) is 0 Å². The van der Waals surface area contributed by atoms with Crippen LogP contribution in [0.5, 0.6) is 0 Å². The lowest BCUT2D eigenvalue weighted by Gasteiger charge is -2.09. The first-order valence-corrected chi connectivity index (χ1v) is 10.3. The van der Waals surface area contributed by atoms with E-state index >= 15 is 0 Å². The second-order valence-corrected chi connectivity index (χ2v) is 8.06. The molecule has 1 amide bonds. The zero-order chi connectivity index (χ0) is 22.1. The van der Waals surface area contributed by atoms with Crippen molar-refractivity contribution >= 4 is 56.8 Å². The van der Waals surface area contributed by atoms with Gasteiger partial charge in [0.25, 0.3) is 17.3 Å². The minimum atomic E-state index is -0.531. The van der Waals surface area contributed by atoms with E-state index in [4.69, 9.17) is 5.41 Å². The molecule has 1 aliphatic rings. The molecular weight excluding hydrogens is 442 g/mol. The zero-order valence-corrected chi connectivity index (χ0v) is 17.1. The topological polar surface area (TPSA) is 143 Å². The van der Waals surface area contributed by atoms with E-state index in [9.17, 15) is 25.0 Å². The van der Waals surface area contributed by atoms with Gasteiger partial charge < -0.3 is 0 Å². The number of amidine groups is 1. The summed E-state index contributed by atoms with van der Waals surface area (Å²) < 4.78 is 0. The summed E-state index contributed by atoms with van der Waals surface area (Å²) in [5.41, 5.74) is 1.23. The Morgan fingerprint density at radius 1 is 1.03 bits per heavy atom. The number of nitrogens with zero attached hydrogens (tertiary/aromatic N) is 4. The molecule has 1 fully saturated rings. The van der Waals surface area contributed by atoms with Gasteiger partial charge in [0.05, 0.1) is 26.0 Å². The highest BCUT2D eigenvalue weighted by Crippen LogP contribution is 2.38. The summed E-state index contributed by atoms with van der Waals surface area (Å²) in [7, 11) is 0. The molecule has 0 aliphatic carbocycles. The summed E-state index contributed by atoms with van der Waals surface area (Å²) >= 11 is 2.04. The van der Waals surface area contributed by atoms with E-state index in [1.165, 1.54) is 36.4 Å². The minimum Gasteiger partial charge on any atom is -0.278 e. The Balaban J connectivity index is 1.62. The Bertz CT molecular complexity index is 1270. The Hall–Kier alpha value is -3.90. The van der Waals surface area contributed by atoms with Gasteiger partial charge in [-0.05, 0) is 36.0 Å². The molecule has 1 aliphatic heterocycles. The predicted octanol–water partition coefficient (Wildman–Crippen LogP) is 4.68. The van der Waals surface area contributed by atoms with Gasteiger partial charge in [-0.25, -0.2) is 9.88 Å². The van der Waals surface area contributed by atoms with Crippen molar-refractivity contribution in [2.75, 3.05) is 4.90 Å². The number of para-hydroxylation sites is 1. The van der Waals surface area contributed by atoms with Crippen molar-refractivity contribution < 1.29 is 14.6 Å². The van der Waals surface area contributed by atoms with E-state index in [0.717, 1.165) is 28.0 Å². The number of hydrogen-bond acceptors (Lipinski definition) is 9. The maximum absolute atomic E-state index is 12.9. The van der Waals surface area contributed by atoms with Crippen LogP contribution in [0.15, 0.2) is 58.8 Å². The Kier molecular flexibility index (Phi) is 5.31. The van der Waals surface area contributed by atoms with Crippen LogP contribution in [0.1, 0.15) is 5.56 Å². The average Bonchev–Trinajstić information content (AvgIpc) is 3.33. The molecule has 0 saturated carbocycles. The van der Waals surface area contributed by atoms with E-state index in [-0.39, 0.29) is 32.1 Å². The van der Waals surface area contributed by atoms with Crippen molar-refractivity contribution in [3.63, 3.8) is 0 Å². The molecule has 1 aromatic heterocycles. The van der Waals surface area contributed by atoms with Gasteiger partial charge in [-0.1, -0.05) is 12.1 Å². The quantitative estimate of drug-likeness (QED) is 0.335. The van der Waals surface area contributed by atoms with Gasteiger partial charge in [0.2, 0.25) is 0 Å². The number of nitrogens with one attached hydrogen (secondary N) is 1. The number of carbonyl (C=O) groups excluding carboxylic acids is 1. The number of non-ortho nitro benzene ring substituents is 1. The fraction of sp³-hybridized carbons (Fsp3) is 0. The first kappa shape index (κ1) is 20.4. The Morgan fingerprint density at radius 3 is 2.42 bits per heavy atom. The maximum atomic E-state index is 12.9. The SMILES string of the molecule is N=C1S/C(=C\c2ccccc2[N+](=O)[O-])C(=O)N1c1nc(-c2ccc([N+](=O)[O-])cc2)cs1. The number of thiazole rings is 1. The molecule has 0 atom stereocenters. The molecule has 10 nitrogen and oxygen atoms in total. The van der Waals surface area contributed by atoms with E-state index < -0.39 is 15.8 Å². The number of nitro benzene ring substituents is 2. The molecule has 0 radical (unpaired) electrons. The van der Waals surface area contributed by atoms with Crippen molar-refractivity contribution in [1.29, 1.82) is 5.41 Å². The third-order valence-electron chi connectivity index (χ3n) is 4.30. The second-order valence-electron chi connectivity index (χ2n) is 6.19. The first-order chi connectivity index (χ1) is 14.8. The maximum Gasteiger partial charge on any atom is 0.276 e. The number of rotatable bonds is 5. The molecule has 0 bridgehead atoms. The minimum absolute atomic E-state index is 0.0446. The number of nitro groups is 2. The fourth-order valence-electron chi connectivity index (χ4n) is 2.83. The summed E-state index contributed by atoms with van der Waals surface area (Å²) in [5.74, 6) is -0.502. The normalized spacial score (nSPS) is 15.0. The lowest BCUT2D eigenvalue weighted by Crippen LogP contribution is -2.27. The lowest BCUT2D eigenvalue weighted by atomic mass is 10.1. The van der Waals surface area contributed by atoms with E-state index in [0.29, 0.717) is 11.3 Å². The monoisotopic (exact) mass is 453 g/mol. The fourth-order valence-corrected chi connectivity index (χ4v) is 4.56. The van der Waals surface area contributed by atoms with E-state index in [1.54, 1.807) is 23.6 Å². The molecule has 4 rings (SSSR count). The first-order valence-electron chi connectivity index (χ1n) is 8.61. The predicted molar refractivity (Wildman–Crippen MR) is 118 cm³/mol. The van der Waals surface area contributed by atoms with Crippen molar-refractivity contribution in [2.45, 2.75) is 0 Å². The second kappa shape index (κ2) is 8.08. The van der Waals surface area contributed by atoms with Crippen LogP contribution in [0.25, 0.3) is 17.3 Å². The zero-order valence-electron chi connectivity index (χ0n) is 15.4. The Labute approximate surface area is 182 Å². The van der Waals surface area contributed by atoms with E-state index in [1.807, 2.05) is 0 Å². The number of benzene rings is 2. The number of aromatic nitrogens is 1. The Morgan fingerprint density at radius 2 is 1.74 bits per heavy atom. The van der Waals surface area contributed by atoms with Crippen molar-refractivity contribution in [2.24, 2.45) is 0 Å². The molecule has 2 heterocycles. The summed E-state index contributed by atoms with van der Waals surface area (Å²) in [6.45, 7) is 0. The highest BCUT2D eigenvalue weighted by molar-refractivity contribution is 8.19. The highest BCUT2D eigenvalue weighted by Gasteiger charge is 2.36. The molecule has 0 spiro atoms. The molecule has 154 valence electrons. The van der Waals surface area contributed by atoms with Crippen LogP contribution in [-0.2, 0) is 4.79 Å². The number of carbonyl (C=O) groups is 1. The van der Waals surface area contributed by atoms with Crippen LogP contribution < -0.4 is 4.90 Å². The standard InChI is InChI=1S/C19H11N5O5S2/c20-18-22(17(25)16(31-18)9-12-3-1-2-4-15(12)24(28)29)19-21-14(10-30-19)11-5-7-13(8-6-11)23(26)27/h1-10,20H/b16-9-,20-18?. The molecule has 1 saturated heterocycles. The smallest absolute Gasteiger partial charge is 0.276 e. The van der Waals surface area contributed by atoms with Gasteiger partial charge in [-0.3, -0.25) is 30.4 Å². The highest BCUT2D eigenvalue weighted by atomic mass is 32.2. The van der Waals surface area contributed by atoms with Crippen molar-refractivity contribution in [3.05, 3.63) is 84.6 Å². The molecule has 12 heteroatoms. The van der Waals surface area contributed by atoms with Crippen LogP contribution in [0.4, 0.5) is 16.5 Å². The lowest BCUT2D eigenvalue weighted by molar-refractivity contribution is -0.385. The molecule has 31 heavy (non-hydrogen) atoms. The van der Waals surface area contributed by atoms with Crippen LogP contribution >= 0.6 is 23.1 Å². The van der Waals surface area contributed by atoms with E-state index in [2.05, 4.69) is 4.98 Å². The van der Waals surface area contributed by atoms with Gasteiger partial charge >= 0.3 is 0 Å². The van der Waals surface area contributed by atoms with Gasteiger partial charge in [0, 0.05) is 29.1 Å². The number of hydrogen-bond donors (Lipinski definition) is 1. The number of thioether (sulfide) groups is 1. The summed E-state index contributed by atoms with van der Waals surface area (Å²) in [6.07, 6.45) is 1.39. The van der Waals surface area contributed by atoms with Crippen molar-refractivity contribution in [1.82, 2.24) is 4.98 Å². The largest absolute Gasteiger partial charge is 0.278 e. The summed E-state index contributed by atoms with van der Waals surface area (Å²) in [6, 6.07) is 11.9. The summed E-state index contributed by atoms with van der Waals surface area (Å²) in [5, 5.41) is 32.1. The van der Waals surface area contributed by atoms with Crippen LogP contribution in [0, 0.1) is 25.6 Å². The average molecular weight is 453 g/mol. The van der Waals surface area contributed by atoms with Crippen LogP contribution in [-0.4, -0.2) is 25.9 Å². The van der Waals surface area contributed by atoms with Gasteiger partial charge in [0.1, 0.15) is 0 Å². The third kappa shape index (κ3) is 3.93. The summed E-state index contributed by atoms with van der Waals surface area (Å²) in [4.78, 5) is 39.6. The third-order valence-corrected chi connectivity index (χ3v) is 6.01. The molecule has 0 unspecified atom stereocenters. The van der Waals surface area contributed by atoms with Gasteiger partial charge in [0.15, 0.2) is 10.3 Å². The molecular formula is C19H11N5O5S2. The number of anilines is 1. The van der Waals surface area contributed by atoms with Crippen LogP contribution in [0.3, 0.4) is 0 Å². The van der Waals surface area contributed by atoms with Crippen molar-refractivity contribution in [3.8, 4) is 11.3 Å². The molecule has 1 N–H and O–H groups in total. The number of amides is 1.